The normalized spacial score (nSPS) is 15.4. The van der Waals surface area contributed by atoms with Gasteiger partial charge in [0.05, 0.1) is 44.4 Å². The molecule has 0 unspecified atom stereocenters. The first-order valence-corrected chi connectivity index (χ1v) is 28.3. The van der Waals surface area contributed by atoms with Crippen molar-refractivity contribution in [2.75, 3.05) is 0 Å². The maximum atomic E-state index is 10.2. The van der Waals surface area contributed by atoms with Gasteiger partial charge in [-0.15, -0.1) is 0 Å². The second-order valence-corrected chi connectivity index (χ2v) is 26.1. The van der Waals surface area contributed by atoms with Crippen LogP contribution < -0.4 is 9.30 Å². The van der Waals surface area contributed by atoms with E-state index in [1.807, 2.05) is 99.8 Å². The van der Waals surface area contributed by atoms with Gasteiger partial charge in [0.1, 0.15) is 17.3 Å². The number of hydrogen-bond donors (Lipinski definition) is 0. The Morgan fingerprint density at radius 3 is 1.69 bits per heavy atom. The number of ether oxygens (including phenoxy) is 1. The molecule has 0 amide bonds. The number of imidazole rings is 1. The standard InChI is InChI=1S/C78H74N4O/c1-48-23-21-24-49(2)72(48)67-43-55(78(12,13)14)42-66-62-30-18-16-28-60(62)59-27-15-17-29-61(59)65-39-51(50-37-53(76(6,7)8)41-54(38-50)77(9,10)11)40-70-74(65)81(73(66)67)47-80(70)56-25-22-26-57(45-56)83-58-33-34-64-63-31-19-20-32-68(63)82(69(64)46-58)71-44-52(35-36-79-71)75(3,4)5/h15-46H,1-14H3/i1D3,2D3,15D,16D,17D,18D,27D,28D,29D,30D. The average molecular weight is 1100 g/mol. The molecule has 0 bridgehead atoms. The lowest BCUT2D eigenvalue weighted by Crippen LogP contribution is -2.32. The molecule has 412 valence electrons. The minimum absolute atomic E-state index is 0.0608. The van der Waals surface area contributed by atoms with Gasteiger partial charge < -0.3 is 4.74 Å². The summed E-state index contributed by atoms with van der Waals surface area (Å²) in [5.41, 5.74) is 5.22. The molecule has 0 saturated heterocycles. The highest BCUT2D eigenvalue weighted by molar-refractivity contribution is 6.10. The van der Waals surface area contributed by atoms with Gasteiger partial charge in [-0.1, -0.05) is 210 Å². The lowest BCUT2D eigenvalue weighted by atomic mass is 9.78. The molecule has 13 rings (SSSR count). The molecule has 1 aliphatic rings. The fourth-order valence-electron chi connectivity index (χ4n) is 11.6. The van der Waals surface area contributed by atoms with E-state index in [1.165, 1.54) is 18.2 Å². The summed E-state index contributed by atoms with van der Waals surface area (Å²) in [6.45, 7) is 19.2. The van der Waals surface area contributed by atoms with Crippen LogP contribution in [0.4, 0.5) is 0 Å². The summed E-state index contributed by atoms with van der Waals surface area (Å²) in [7, 11) is 0. The van der Waals surface area contributed by atoms with Crippen LogP contribution in [0.25, 0.3) is 106 Å². The average Bonchev–Trinajstić information content (AvgIpc) is 1.67. The van der Waals surface area contributed by atoms with Gasteiger partial charge in [-0.25, -0.2) is 4.98 Å². The lowest BCUT2D eigenvalue weighted by Gasteiger charge is -2.27. The van der Waals surface area contributed by atoms with Crippen molar-refractivity contribution in [1.82, 2.24) is 14.1 Å². The van der Waals surface area contributed by atoms with Gasteiger partial charge in [-0.05, 0) is 179 Å². The van der Waals surface area contributed by atoms with Crippen molar-refractivity contribution in [2.45, 2.75) is 118 Å². The number of rotatable bonds is 6. The molecular formula is C78H74N4O. The van der Waals surface area contributed by atoms with Crippen molar-refractivity contribution in [2.24, 2.45) is 0 Å². The third-order valence-corrected chi connectivity index (χ3v) is 16.2. The Bertz CT molecular complexity index is 5250. The fourth-order valence-corrected chi connectivity index (χ4v) is 11.6. The molecule has 3 aromatic heterocycles. The molecule has 12 aromatic rings. The predicted octanol–water partition coefficient (Wildman–Crippen LogP) is 20.4. The Balaban J connectivity index is 1.21. The quantitative estimate of drug-likeness (QED) is 0.123. The van der Waals surface area contributed by atoms with E-state index < -0.39 is 67.5 Å². The molecule has 0 spiro atoms. The van der Waals surface area contributed by atoms with Crippen molar-refractivity contribution >= 4 is 32.8 Å². The number of aromatic nitrogens is 4. The Hall–Kier alpha value is -8.80. The van der Waals surface area contributed by atoms with Crippen molar-refractivity contribution in [3.05, 3.63) is 234 Å². The molecule has 5 heteroatoms. The Kier molecular flexibility index (Phi) is 9.26. The van der Waals surface area contributed by atoms with E-state index in [-0.39, 0.29) is 83.1 Å². The van der Waals surface area contributed by atoms with E-state index in [4.69, 9.17) is 17.9 Å². The number of benzene rings is 9. The van der Waals surface area contributed by atoms with E-state index in [2.05, 4.69) is 110 Å². The van der Waals surface area contributed by atoms with Crippen LogP contribution >= 0.6 is 0 Å². The fraction of sp³-hybridized carbons (Fsp3) is 0.231. The number of pyridine rings is 1. The zero-order valence-corrected chi connectivity index (χ0v) is 49.1. The number of hydrogen-bond acceptors (Lipinski definition) is 2. The molecule has 83 heavy (non-hydrogen) atoms. The third-order valence-electron chi connectivity index (χ3n) is 16.2. The molecule has 4 heterocycles. The Morgan fingerprint density at radius 1 is 0.470 bits per heavy atom. The van der Waals surface area contributed by atoms with E-state index in [0.29, 0.717) is 33.8 Å². The van der Waals surface area contributed by atoms with Gasteiger partial charge in [0, 0.05) is 31.3 Å². The zero-order chi connectivity index (χ0) is 70.0. The Labute approximate surface area is 510 Å². The van der Waals surface area contributed by atoms with Crippen LogP contribution in [0.3, 0.4) is 0 Å². The van der Waals surface area contributed by atoms with E-state index in [0.717, 1.165) is 49.9 Å². The highest BCUT2D eigenvalue weighted by Crippen LogP contribution is 2.49. The number of aryl methyl sites for hydroxylation is 2. The molecule has 0 aliphatic carbocycles. The molecule has 0 N–H and O–H groups in total. The summed E-state index contributed by atoms with van der Waals surface area (Å²) in [6.07, 6.45) is 5.53. The van der Waals surface area contributed by atoms with Gasteiger partial charge in [-0.3, -0.25) is 13.7 Å². The van der Waals surface area contributed by atoms with Gasteiger partial charge in [-0.2, -0.15) is 0 Å². The summed E-state index contributed by atoms with van der Waals surface area (Å²) in [5, 5.41) is 2.03. The summed E-state index contributed by atoms with van der Waals surface area (Å²) >= 11 is 0. The van der Waals surface area contributed by atoms with Crippen LogP contribution in [0.5, 0.6) is 11.5 Å². The largest absolute Gasteiger partial charge is 0.458 e. The zero-order valence-electron chi connectivity index (χ0n) is 63.1. The molecule has 1 aliphatic heterocycles. The first-order valence-electron chi connectivity index (χ1n) is 35.3. The van der Waals surface area contributed by atoms with Crippen molar-refractivity contribution in [3.63, 3.8) is 0 Å². The van der Waals surface area contributed by atoms with Crippen molar-refractivity contribution < 1.29 is 28.5 Å². The summed E-state index contributed by atoms with van der Waals surface area (Å²) in [4.78, 5) is 4.90. The topological polar surface area (TPSA) is 35.9 Å². The predicted molar refractivity (Wildman–Crippen MR) is 347 cm³/mol. The van der Waals surface area contributed by atoms with Crippen LogP contribution in [0, 0.1) is 20.0 Å². The van der Waals surface area contributed by atoms with Gasteiger partial charge >= 0.3 is 0 Å². The second kappa shape index (κ2) is 19.4. The van der Waals surface area contributed by atoms with Gasteiger partial charge in [0.15, 0.2) is 0 Å². The SMILES string of the molecule is [2H]c1c([2H])c([2H])c2c(c1[2H])-c1cc(C(C)(C)C)cc(-c3c(C([2H])([2H])[2H])cccc3C([2H])([2H])[2H])c1-[n+]1[c-]n(-c3cccc(Oc4ccc5c6ccccc6n(-c6cc(C(C)(C)C)ccn6)c5c4)c3)c3cc(-c4cc(C(C)(C)C)cc(C(C)(C)C)c4)cc(c31)-c1c([2H])c([2H])c([2H])c([2H])c1-2. The second-order valence-electron chi connectivity index (χ2n) is 26.1. The highest BCUT2D eigenvalue weighted by atomic mass is 16.5. The molecule has 0 atom stereocenters. The summed E-state index contributed by atoms with van der Waals surface area (Å²) < 4.78 is 146. The number of nitrogens with zero attached hydrogens (tertiary/aromatic N) is 4. The van der Waals surface area contributed by atoms with E-state index >= 15 is 0 Å². The smallest absolute Gasteiger partial charge is 0.269 e. The van der Waals surface area contributed by atoms with Gasteiger partial charge in [0.25, 0.3) is 6.33 Å². The van der Waals surface area contributed by atoms with E-state index in [1.54, 1.807) is 21.3 Å². The minimum Gasteiger partial charge on any atom is -0.458 e. The third kappa shape index (κ3) is 9.35. The molecule has 5 nitrogen and oxygen atoms in total. The van der Waals surface area contributed by atoms with Crippen molar-refractivity contribution in [3.8, 4) is 84.3 Å². The first kappa shape index (κ1) is 39.6. The van der Waals surface area contributed by atoms with Crippen molar-refractivity contribution in [1.29, 1.82) is 0 Å². The Morgan fingerprint density at radius 2 is 1.04 bits per heavy atom. The van der Waals surface area contributed by atoms with Gasteiger partial charge in [0.2, 0.25) is 0 Å². The van der Waals surface area contributed by atoms with Crippen LogP contribution in [0.1, 0.15) is 136 Å². The molecule has 9 aromatic carbocycles. The molecule has 0 saturated carbocycles. The van der Waals surface area contributed by atoms with E-state index in [9.17, 15) is 11.0 Å². The van der Waals surface area contributed by atoms with Crippen LogP contribution in [0.15, 0.2) is 194 Å². The maximum Gasteiger partial charge on any atom is 0.269 e. The highest BCUT2D eigenvalue weighted by Gasteiger charge is 2.31. The van der Waals surface area contributed by atoms with Crippen LogP contribution in [-0.2, 0) is 21.7 Å². The monoisotopic (exact) mass is 1100 g/mol. The summed E-state index contributed by atoms with van der Waals surface area (Å²) in [5.74, 6) is 1.67. The number of para-hydroxylation sites is 1. The summed E-state index contributed by atoms with van der Waals surface area (Å²) in [6, 6.07) is 38.8. The maximum absolute atomic E-state index is 10.2. The number of fused-ring (bicyclic) bond motifs is 10. The molecule has 0 fully saturated rings. The lowest BCUT2D eigenvalue weighted by molar-refractivity contribution is -0.570. The minimum atomic E-state index is -2.93. The molecular weight excluding hydrogens is 1010 g/mol. The van der Waals surface area contributed by atoms with Crippen LogP contribution in [-0.4, -0.2) is 14.1 Å². The van der Waals surface area contributed by atoms with Crippen LogP contribution in [0.2, 0.25) is 0 Å². The first-order chi connectivity index (χ1) is 45.2. The molecule has 0 radical (unpaired) electrons.